The zero-order valence-electron chi connectivity index (χ0n) is 10.1. The van der Waals surface area contributed by atoms with E-state index in [0.29, 0.717) is 0 Å². The Bertz CT molecular complexity index is 509. The largest absolute Gasteiger partial charge is 0.336 e. The molecule has 1 aromatic heterocycles. The van der Waals surface area contributed by atoms with Crippen LogP contribution in [0.2, 0.25) is 0 Å². The van der Waals surface area contributed by atoms with E-state index >= 15 is 0 Å². The van der Waals surface area contributed by atoms with E-state index in [9.17, 15) is 0 Å². The van der Waals surface area contributed by atoms with E-state index in [4.69, 9.17) is 5.84 Å². The van der Waals surface area contributed by atoms with Gasteiger partial charge in [-0.2, -0.15) is 0 Å². The minimum absolute atomic E-state index is 0.765. The molecule has 2 aromatic rings. The van der Waals surface area contributed by atoms with E-state index in [-0.39, 0.29) is 0 Å². The molecule has 18 heavy (non-hydrogen) atoms. The quantitative estimate of drug-likeness (QED) is 0.677. The van der Waals surface area contributed by atoms with E-state index in [1.807, 2.05) is 12.1 Å². The van der Waals surface area contributed by atoms with Crippen LogP contribution >= 0.6 is 27.7 Å². The molecule has 0 saturated carbocycles. The van der Waals surface area contributed by atoms with Crippen molar-refractivity contribution in [2.45, 2.75) is 30.7 Å². The first-order valence-electron chi connectivity index (χ1n) is 5.77. The van der Waals surface area contributed by atoms with Crippen LogP contribution < -0.4 is 5.84 Å². The third kappa shape index (κ3) is 3.26. The molecule has 1 heterocycles. The molecule has 0 fully saturated rings. The zero-order chi connectivity index (χ0) is 13.0. The summed E-state index contributed by atoms with van der Waals surface area (Å²) in [5, 5.41) is 8.97. The number of aryl methyl sites for hydroxylation is 1. The van der Waals surface area contributed by atoms with Gasteiger partial charge in [0.15, 0.2) is 5.82 Å². The molecule has 4 nitrogen and oxygen atoms in total. The van der Waals surface area contributed by atoms with Crippen molar-refractivity contribution < 1.29 is 0 Å². The molecule has 0 bridgehead atoms. The number of rotatable bonds is 5. The van der Waals surface area contributed by atoms with Crippen molar-refractivity contribution in [1.82, 2.24) is 14.9 Å². The Morgan fingerprint density at radius 1 is 1.28 bits per heavy atom. The summed E-state index contributed by atoms with van der Waals surface area (Å²) in [6, 6.07) is 8.24. The first-order valence-corrected chi connectivity index (χ1v) is 7.55. The predicted molar refractivity (Wildman–Crippen MR) is 77.9 cm³/mol. The third-order valence-electron chi connectivity index (χ3n) is 2.49. The van der Waals surface area contributed by atoms with Crippen molar-refractivity contribution >= 4 is 27.7 Å². The fourth-order valence-corrected chi connectivity index (χ4v) is 2.62. The van der Waals surface area contributed by atoms with Gasteiger partial charge in [0.1, 0.15) is 0 Å². The van der Waals surface area contributed by atoms with Crippen LogP contribution in [0.3, 0.4) is 0 Å². The molecule has 0 amide bonds. The maximum absolute atomic E-state index is 5.94. The first kappa shape index (κ1) is 13.4. The lowest BCUT2D eigenvalue weighted by atomic mass is 10.2. The van der Waals surface area contributed by atoms with Crippen molar-refractivity contribution in [3.63, 3.8) is 0 Å². The summed E-state index contributed by atoms with van der Waals surface area (Å²) in [7, 11) is 0. The zero-order valence-corrected chi connectivity index (χ0v) is 12.5. The van der Waals surface area contributed by atoms with Crippen molar-refractivity contribution in [3.05, 3.63) is 40.1 Å². The molecule has 2 rings (SSSR count). The van der Waals surface area contributed by atoms with E-state index < -0.39 is 0 Å². The smallest absolute Gasteiger partial charge is 0.210 e. The van der Waals surface area contributed by atoms with Gasteiger partial charge in [-0.05, 0) is 24.1 Å². The Balaban J connectivity index is 1.99. The standard InChI is InChI=1S/C12H15BrN4S/c1-2-3-11-15-16-12(17(11)14)18-8-9-4-6-10(13)7-5-9/h4-7H,2-3,8,14H2,1H3. The lowest BCUT2D eigenvalue weighted by Crippen LogP contribution is -2.13. The van der Waals surface area contributed by atoms with Crippen LogP contribution in [0.15, 0.2) is 33.9 Å². The number of nitrogen functional groups attached to an aromatic ring is 1. The van der Waals surface area contributed by atoms with Crippen LogP contribution in [-0.4, -0.2) is 14.9 Å². The van der Waals surface area contributed by atoms with Crippen molar-refractivity contribution in [2.75, 3.05) is 5.84 Å². The summed E-state index contributed by atoms with van der Waals surface area (Å²) in [6.07, 6.45) is 1.88. The molecule has 0 unspecified atom stereocenters. The molecule has 0 spiro atoms. The van der Waals surface area contributed by atoms with E-state index in [1.54, 1.807) is 16.4 Å². The molecule has 6 heteroatoms. The summed E-state index contributed by atoms with van der Waals surface area (Å²) in [6.45, 7) is 2.10. The van der Waals surface area contributed by atoms with Crippen molar-refractivity contribution in [2.24, 2.45) is 0 Å². The Hall–Kier alpha value is -1.01. The number of aromatic nitrogens is 3. The highest BCUT2D eigenvalue weighted by molar-refractivity contribution is 9.10. The van der Waals surface area contributed by atoms with Crippen molar-refractivity contribution in [3.8, 4) is 0 Å². The second kappa shape index (κ2) is 6.24. The number of nitrogens with two attached hydrogens (primary N) is 1. The highest BCUT2D eigenvalue weighted by atomic mass is 79.9. The van der Waals surface area contributed by atoms with Crippen LogP contribution in [0.5, 0.6) is 0 Å². The van der Waals surface area contributed by atoms with Gasteiger partial charge >= 0.3 is 0 Å². The minimum Gasteiger partial charge on any atom is -0.336 e. The average molecular weight is 327 g/mol. The fourth-order valence-electron chi connectivity index (χ4n) is 1.53. The molecular formula is C12H15BrN4S. The maximum atomic E-state index is 5.94. The van der Waals surface area contributed by atoms with Crippen molar-refractivity contribution in [1.29, 1.82) is 0 Å². The summed E-state index contributed by atoms with van der Waals surface area (Å²) in [5.74, 6) is 7.63. The Morgan fingerprint density at radius 3 is 2.67 bits per heavy atom. The molecule has 0 atom stereocenters. The van der Waals surface area contributed by atoms with Gasteiger partial charge in [-0.15, -0.1) is 10.2 Å². The number of thioether (sulfide) groups is 1. The Kier molecular flexibility index (Phi) is 4.66. The van der Waals surface area contributed by atoms with Gasteiger partial charge in [-0.25, -0.2) is 4.68 Å². The van der Waals surface area contributed by atoms with Gasteiger partial charge in [-0.3, -0.25) is 0 Å². The lowest BCUT2D eigenvalue weighted by molar-refractivity contribution is 0.757. The average Bonchev–Trinajstić information content (AvgIpc) is 2.71. The van der Waals surface area contributed by atoms with Crippen LogP contribution in [0.25, 0.3) is 0 Å². The predicted octanol–water partition coefficient (Wildman–Crippen LogP) is 3.00. The molecule has 0 radical (unpaired) electrons. The molecule has 0 aliphatic heterocycles. The summed E-state index contributed by atoms with van der Waals surface area (Å²) in [4.78, 5) is 0. The van der Waals surface area contributed by atoms with E-state index in [0.717, 1.165) is 34.0 Å². The van der Waals surface area contributed by atoms with Crippen LogP contribution in [-0.2, 0) is 12.2 Å². The summed E-state index contributed by atoms with van der Waals surface area (Å²) in [5.41, 5.74) is 1.24. The molecule has 2 N–H and O–H groups in total. The fraction of sp³-hybridized carbons (Fsp3) is 0.333. The second-order valence-corrected chi connectivity index (χ2v) is 5.79. The summed E-state index contributed by atoms with van der Waals surface area (Å²) < 4.78 is 2.68. The maximum Gasteiger partial charge on any atom is 0.210 e. The van der Waals surface area contributed by atoms with Gasteiger partial charge in [0.2, 0.25) is 5.16 Å². The highest BCUT2D eigenvalue weighted by Crippen LogP contribution is 2.21. The molecule has 1 aromatic carbocycles. The lowest BCUT2D eigenvalue weighted by Gasteiger charge is -2.03. The van der Waals surface area contributed by atoms with Gasteiger partial charge in [-0.1, -0.05) is 46.7 Å². The van der Waals surface area contributed by atoms with E-state index in [2.05, 4.69) is 45.2 Å². The molecular weight excluding hydrogens is 312 g/mol. The number of halogens is 1. The first-order chi connectivity index (χ1) is 8.70. The molecule has 0 aliphatic rings. The monoisotopic (exact) mass is 326 g/mol. The highest BCUT2D eigenvalue weighted by Gasteiger charge is 2.09. The number of hydrogen-bond donors (Lipinski definition) is 1. The number of hydrogen-bond acceptors (Lipinski definition) is 4. The van der Waals surface area contributed by atoms with Gasteiger partial charge in [0, 0.05) is 16.6 Å². The second-order valence-electron chi connectivity index (χ2n) is 3.93. The topological polar surface area (TPSA) is 56.7 Å². The van der Waals surface area contributed by atoms with Crippen LogP contribution in [0.4, 0.5) is 0 Å². The number of nitrogens with zero attached hydrogens (tertiary/aromatic N) is 3. The van der Waals surface area contributed by atoms with Gasteiger partial charge < -0.3 is 5.84 Å². The normalized spacial score (nSPS) is 10.8. The SMILES string of the molecule is CCCc1nnc(SCc2ccc(Br)cc2)n1N. The molecule has 96 valence electrons. The third-order valence-corrected chi connectivity index (χ3v) is 4.03. The number of benzene rings is 1. The van der Waals surface area contributed by atoms with Gasteiger partial charge in [0.05, 0.1) is 0 Å². The van der Waals surface area contributed by atoms with Crippen LogP contribution in [0, 0.1) is 0 Å². The molecule has 0 aliphatic carbocycles. The van der Waals surface area contributed by atoms with Gasteiger partial charge in [0.25, 0.3) is 0 Å². The van der Waals surface area contributed by atoms with E-state index in [1.165, 1.54) is 5.56 Å². The van der Waals surface area contributed by atoms with Crippen LogP contribution in [0.1, 0.15) is 24.7 Å². The molecule has 0 saturated heterocycles. The Labute approximate surface area is 119 Å². The Morgan fingerprint density at radius 2 is 2.00 bits per heavy atom. The minimum atomic E-state index is 0.765. The summed E-state index contributed by atoms with van der Waals surface area (Å²) >= 11 is 5.02.